The first-order valence-corrected chi connectivity index (χ1v) is 5.51. The van der Waals surface area contributed by atoms with Gasteiger partial charge in [0, 0.05) is 25.0 Å². The summed E-state index contributed by atoms with van der Waals surface area (Å²) in [6.07, 6.45) is 2.65. The molecule has 0 aromatic carbocycles. The molecule has 0 radical (unpaired) electrons. The smallest absolute Gasteiger partial charge is 0.430 e. The van der Waals surface area contributed by atoms with E-state index in [2.05, 4.69) is 10.1 Å². The summed E-state index contributed by atoms with van der Waals surface area (Å²) in [5.41, 5.74) is 5.90. The van der Waals surface area contributed by atoms with Crippen LogP contribution in [0.4, 0.5) is 4.79 Å². The molecular weight excluding hydrogens is 232 g/mol. The molecule has 0 bridgehead atoms. The minimum atomic E-state index is -0.563. The van der Waals surface area contributed by atoms with E-state index < -0.39 is 11.7 Å². The number of aromatic nitrogens is 1. The van der Waals surface area contributed by atoms with Crippen molar-refractivity contribution in [2.45, 2.75) is 26.4 Å². The summed E-state index contributed by atoms with van der Waals surface area (Å²) < 4.78 is 5.15. The molecule has 0 spiro atoms. The molecule has 0 saturated heterocycles. The lowest BCUT2D eigenvalue weighted by Gasteiger charge is -2.22. The minimum absolute atomic E-state index is 0.228. The number of rotatable bonds is 2. The van der Waals surface area contributed by atoms with Gasteiger partial charge in [-0.3, -0.25) is 4.98 Å². The molecule has 6 heteroatoms. The molecule has 1 aromatic heterocycles. The Morgan fingerprint density at radius 2 is 1.94 bits per heavy atom. The van der Waals surface area contributed by atoms with Gasteiger partial charge in [0.05, 0.1) is 0 Å². The van der Waals surface area contributed by atoms with Crippen LogP contribution in [0, 0.1) is 0 Å². The van der Waals surface area contributed by atoms with Crippen LogP contribution in [-0.2, 0) is 4.74 Å². The third kappa shape index (κ3) is 4.40. The number of hydrogen-bond acceptors (Lipinski definition) is 4. The predicted octanol–water partition coefficient (Wildman–Crippen LogP) is 1.57. The Morgan fingerprint density at radius 3 is 2.44 bits per heavy atom. The van der Waals surface area contributed by atoms with Crippen molar-refractivity contribution >= 4 is 11.9 Å². The maximum atomic E-state index is 11.7. The molecule has 0 aliphatic carbocycles. The van der Waals surface area contributed by atoms with Crippen LogP contribution in [0.25, 0.3) is 0 Å². The van der Waals surface area contributed by atoms with Gasteiger partial charge in [-0.25, -0.2) is 4.79 Å². The molecular formula is C12H18N4O2. The van der Waals surface area contributed by atoms with E-state index in [4.69, 9.17) is 10.5 Å². The van der Waals surface area contributed by atoms with E-state index in [1.165, 1.54) is 7.05 Å². The summed E-state index contributed by atoms with van der Waals surface area (Å²) in [6.45, 7) is 5.36. The van der Waals surface area contributed by atoms with E-state index in [9.17, 15) is 4.79 Å². The Kier molecular flexibility index (Phi) is 4.25. The largest absolute Gasteiger partial charge is 0.442 e. The fourth-order valence-electron chi connectivity index (χ4n) is 1.11. The molecule has 0 aliphatic heterocycles. The molecule has 98 valence electrons. The predicted molar refractivity (Wildman–Crippen MR) is 69.0 cm³/mol. The first-order valence-electron chi connectivity index (χ1n) is 5.51. The maximum Gasteiger partial charge on any atom is 0.430 e. The molecule has 18 heavy (non-hydrogen) atoms. The molecule has 1 heterocycles. The van der Waals surface area contributed by atoms with E-state index in [1.54, 1.807) is 45.3 Å². The van der Waals surface area contributed by atoms with Crippen molar-refractivity contribution in [2.75, 3.05) is 7.05 Å². The van der Waals surface area contributed by atoms with Gasteiger partial charge in [0.2, 0.25) is 0 Å². The number of nitrogens with two attached hydrogens (primary N) is 1. The van der Waals surface area contributed by atoms with Crippen molar-refractivity contribution in [3.05, 3.63) is 30.1 Å². The first-order chi connectivity index (χ1) is 8.29. The van der Waals surface area contributed by atoms with E-state index in [0.29, 0.717) is 5.56 Å². The lowest BCUT2D eigenvalue weighted by molar-refractivity contribution is 0.0303. The topological polar surface area (TPSA) is 80.8 Å². The summed E-state index contributed by atoms with van der Waals surface area (Å²) in [6, 6.07) is 3.42. The fourth-order valence-corrected chi connectivity index (χ4v) is 1.11. The SMILES string of the molecule is CN(/N=C(/N)c1ccncc1)C(=O)OC(C)(C)C. The van der Waals surface area contributed by atoms with E-state index in [1.807, 2.05) is 0 Å². The van der Waals surface area contributed by atoms with Gasteiger partial charge in [0.1, 0.15) is 5.60 Å². The van der Waals surface area contributed by atoms with Crippen LogP contribution in [-0.4, -0.2) is 34.6 Å². The van der Waals surface area contributed by atoms with Crippen molar-refractivity contribution in [1.82, 2.24) is 9.99 Å². The summed E-state index contributed by atoms with van der Waals surface area (Å²) >= 11 is 0. The highest BCUT2D eigenvalue weighted by Crippen LogP contribution is 2.09. The van der Waals surface area contributed by atoms with Crippen LogP contribution < -0.4 is 5.73 Å². The van der Waals surface area contributed by atoms with Gasteiger partial charge in [-0.1, -0.05) is 0 Å². The number of amidine groups is 1. The highest BCUT2D eigenvalue weighted by Gasteiger charge is 2.19. The number of hydrazone groups is 1. The van der Waals surface area contributed by atoms with Crippen LogP contribution in [0.1, 0.15) is 26.3 Å². The van der Waals surface area contributed by atoms with Crippen LogP contribution in [0.15, 0.2) is 29.6 Å². The number of nitrogens with zero attached hydrogens (tertiary/aromatic N) is 3. The van der Waals surface area contributed by atoms with Crippen molar-refractivity contribution in [3.8, 4) is 0 Å². The third-order valence-corrected chi connectivity index (χ3v) is 1.89. The van der Waals surface area contributed by atoms with Crippen LogP contribution >= 0.6 is 0 Å². The van der Waals surface area contributed by atoms with Crippen molar-refractivity contribution in [1.29, 1.82) is 0 Å². The highest BCUT2D eigenvalue weighted by atomic mass is 16.6. The van der Waals surface area contributed by atoms with Crippen molar-refractivity contribution in [2.24, 2.45) is 10.8 Å². The monoisotopic (exact) mass is 250 g/mol. The Morgan fingerprint density at radius 1 is 1.39 bits per heavy atom. The molecule has 0 atom stereocenters. The number of pyridine rings is 1. The summed E-state index contributed by atoms with van der Waals surface area (Å²) in [5, 5.41) is 5.03. The summed E-state index contributed by atoms with van der Waals surface area (Å²) in [5.74, 6) is 0.228. The fraction of sp³-hybridized carbons (Fsp3) is 0.417. The van der Waals surface area contributed by atoms with Gasteiger partial charge in [-0.2, -0.15) is 5.01 Å². The van der Waals surface area contributed by atoms with Crippen LogP contribution in [0.5, 0.6) is 0 Å². The van der Waals surface area contributed by atoms with Gasteiger partial charge in [-0.05, 0) is 32.9 Å². The van der Waals surface area contributed by atoms with Gasteiger partial charge in [0.25, 0.3) is 0 Å². The number of carbonyl (C=O) groups is 1. The average Bonchev–Trinajstić information content (AvgIpc) is 2.27. The van der Waals surface area contributed by atoms with Crippen LogP contribution in [0.2, 0.25) is 0 Å². The molecule has 0 fully saturated rings. The number of carbonyl (C=O) groups excluding carboxylic acids is 1. The molecule has 0 unspecified atom stereocenters. The highest BCUT2D eigenvalue weighted by molar-refractivity contribution is 5.97. The first kappa shape index (κ1) is 14.0. The molecule has 1 rings (SSSR count). The van der Waals surface area contributed by atoms with Gasteiger partial charge >= 0.3 is 6.09 Å². The second-order valence-corrected chi connectivity index (χ2v) is 4.73. The lowest BCUT2D eigenvalue weighted by atomic mass is 10.2. The Balaban J connectivity index is 2.74. The zero-order valence-electron chi connectivity index (χ0n) is 11.0. The Bertz CT molecular complexity index is 437. The normalized spacial score (nSPS) is 12.1. The zero-order valence-corrected chi connectivity index (χ0v) is 11.0. The molecule has 1 amide bonds. The summed E-state index contributed by atoms with van der Waals surface area (Å²) in [7, 11) is 1.49. The zero-order chi connectivity index (χ0) is 13.8. The second kappa shape index (κ2) is 5.48. The molecule has 0 aliphatic rings. The maximum absolute atomic E-state index is 11.7. The Hall–Kier alpha value is -2.11. The Labute approximate surface area is 106 Å². The van der Waals surface area contributed by atoms with E-state index in [0.717, 1.165) is 5.01 Å². The summed E-state index contributed by atoms with van der Waals surface area (Å²) in [4.78, 5) is 15.5. The van der Waals surface area contributed by atoms with Crippen molar-refractivity contribution < 1.29 is 9.53 Å². The van der Waals surface area contributed by atoms with E-state index >= 15 is 0 Å². The van der Waals surface area contributed by atoms with Crippen molar-refractivity contribution in [3.63, 3.8) is 0 Å². The van der Waals surface area contributed by atoms with E-state index in [-0.39, 0.29) is 5.84 Å². The van der Waals surface area contributed by atoms with Gasteiger partial charge < -0.3 is 10.5 Å². The number of ether oxygens (including phenoxy) is 1. The standard InChI is InChI=1S/C12H18N4O2/c1-12(2,3)18-11(17)16(4)15-10(13)9-5-7-14-8-6-9/h5-8H,1-4H3,(H2,13,15). The average molecular weight is 250 g/mol. The number of hydrogen-bond donors (Lipinski definition) is 1. The molecule has 1 aromatic rings. The molecule has 6 nitrogen and oxygen atoms in total. The third-order valence-electron chi connectivity index (χ3n) is 1.89. The quantitative estimate of drug-likeness (QED) is 0.490. The van der Waals surface area contributed by atoms with Gasteiger partial charge in [-0.15, -0.1) is 5.10 Å². The second-order valence-electron chi connectivity index (χ2n) is 4.73. The molecule has 2 N–H and O–H groups in total. The van der Waals surface area contributed by atoms with Crippen LogP contribution in [0.3, 0.4) is 0 Å². The molecule has 0 saturated carbocycles. The number of amides is 1. The van der Waals surface area contributed by atoms with Gasteiger partial charge in [0.15, 0.2) is 5.84 Å². The minimum Gasteiger partial charge on any atom is -0.442 e. The lowest BCUT2D eigenvalue weighted by Crippen LogP contribution is -2.33.